The van der Waals surface area contributed by atoms with Gasteiger partial charge in [-0.25, -0.2) is 0 Å². The number of carbonyl (C=O) groups is 1. The van der Waals surface area contributed by atoms with Gasteiger partial charge in [0.1, 0.15) is 11.5 Å². The van der Waals surface area contributed by atoms with E-state index < -0.39 is 0 Å². The van der Waals surface area contributed by atoms with Crippen LogP contribution in [-0.2, 0) is 11.2 Å². The average molecular weight is 338 g/mol. The van der Waals surface area contributed by atoms with Crippen LogP contribution < -0.4 is 14.8 Å². The van der Waals surface area contributed by atoms with Crippen LogP contribution >= 0.6 is 0 Å². The number of para-hydroxylation sites is 1. The molecule has 0 unspecified atom stereocenters. The van der Waals surface area contributed by atoms with Crippen molar-refractivity contribution in [2.75, 3.05) is 20.8 Å². The summed E-state index contributed by atoms with van der Waals surface area (Å²) in [6.07, 6.45) is 0.730. The van der Waals surface area contributed by atoms with E-state index in [0.29, 0.717) is 6.54 Å². The maximum absolute atomic E-state index is 11.2. The third-order valence-electron chi connectivity index (χ3n) is 4.24. The number of nitrogens with one attached hydrogen (secondary N) is 2. The second-order valence-corrected chi connectivity index (χ2v) is 5.82. The number of hydrogen-bond donors (Lipinski definition) is 2. The highest BCUT2D eigenvalue weighted by molar-refractivity contribution is 5.92. The Bertz CT molecular complexity index is 899. The van der Waals surface area contributed by atoms with Gasteiger partial charge in [-0.2, -0.15) is 0 Å². The number of hydrogen-bond acceptors (Lipinski definition) is 3. The summed E-state index contributed by atoms with van der Waals surface area (Å²) < 4.78 is 10.9. The molecule has 0 aliphatic heterocycles. The highest BCUT2D eigenvalue weighted by Crippen LogP contribution is 2.37. The molecule has 0 spiro atoms. The molecular formula is C20H22N2O3. The van der Waals surface area contributed by atoms with E-state index >= 15 is 0 Å². The molecule has 2 N–H and O–H groups in total. The first-order valence-electron chi connectivity index (χ1n) is 8.20. The molecule has 3 rings (SSSR count). The summed E-state index contributed by atoms with van der Waals surface area (Å²) in [4.78, 5) is 14.7. The van der Waals surface area contributed by atoms with Crippen LogP contribution in [0.4, 0.5) is 0 Å². The van der Waals surface area contributed by atoms with Crippen molar-refractivity contribution in [1.29, 1.82) is 0 Å². The van der Waals surface area contributed by atoms with E-state index in [9.17, 15) is 4.79 Å². The van der Waals surface area contributed by atoms with Crippen LogP contribution in [0.3, 0.4) is 0 Å². The fourth-order valence-corrected chi connectivity index (χ4v) is 3.06. The van der Waals surface area contributed by atoms with Crippen molar-refractivity contribution in [2.24, 2.45) is 0 Å². The second kappa shape index (κ2) is 7.30. The third kappa shape index (κ3) is 3.45. The number of carbonyl (C=O) groups excluding carboxylic acids is 1. The molecule has 5 nitrogen and oxygen atoms in total. The molecule has 0 atom stereocenters. The number of ether oxygens (including phenoxy) is 2. The summed E-state index contributed by atoms with van der Waals surface area (Å²) in [6, 6.07) is 14.0. The number of H-pyrrole nitrogens is 1. The highest BCUT2D eigenvalue weighted by Gasteiger charge is 2.16. The normalized spacial score (nSPS) is 10.7. The maximum atomic E-state index is 11.2. The van der Waals surface area contributed by atoms with Crippen molar-refractivity contribution in [3.8, 4) is 22.8 Å². The fourth-order valence-electron chi connectivity index (χ4n) is 3.06. The van der Waals surface area contributed by atoms with Crippen LogP contribution in [-0.4, -0.2) is 31.7 Å². The van der Waals surface area contributed by atoms with Crippen molar-refractivity contribution < 1.29 is 14.3 Å². The van der Waals surface area contributed by atoms with Crippen LogP contribution in [0.25, 0.3) is 22.2 Å². The Morgan fingerprint density at radius 1 is 1.12 bits per heavy atom. The lowest BCUT2D eigenvalue weighted by molar-refractivity contribution is -0.118. The monoisotopic (exact) mass is 338 g/mol. The topological polar surface area (TPSA) is 63.3 Å². The van der Waals surface area contributed by atoms with Crippen molar-refractivity contribution in [2.45, 2.75) is 13.3 Å². The SMILES string of the molecule is COc1ccc(-c2[nH]c3ccccc3c2CCNC(C)=O)c(OC)c1. The van der Waals surface area contributed by atoms with Gasteiger partial charge in [-0.15, -0.1) is 0 Å². The molecule has 2 aromatic carbocycles. The van der Waals surface area contributed by atoms with Crippen LogP contribution in [0.5, 0.6) is 11.5 Å². The number of aromatic nitrogens is 1. The molecule has 0 fully saturated rings. The van der Waals surface area contributed by atoms with Crippen molar-refractivity contribution >= 4 is 16.8 Å². The van der Waals surface area contributed by atoms with E-state index in [0.717, 1.165) is 45.6 Å². The number of fused-ring (bicyclic) bond motifs is 1. The van der Waals surface area contributed by atoms with Gasteiger partial charge in [0.25, 0.3) is 0 Å². The van der Waals surface area contributed by atoms with Gasteiger partial charge in [-0.3, -0.25) is 4.79 Å². The summed E-state index contributed by atoms with van der Waals surface area (Å²) in [5, 5.41) is 4.02. The van der Waals surface area contributed by atoms with Crippen LogP contribution in [0.1, 0.15) is 12.5 Å². The van der Waals surface area contributed by atoms with Crippen LogP contribution in [0, 0.1) is 0 Å². The van der Waals surface area contributed by atoms with Gasteiger partial charge >= 0.3 is 0 Å². The Labute approximate surface area is 147 Å². The second-order valence-electron chi connectivity index (χ2n) is 5.82. The Hall–Kier alpha value is -2.95. The predicted octanol–water partition coefficient (Wildman–Crippen LogP) is 3.53. The Morgan fingerprint density at radius 3 is 2.64 bits per heavy atom. The summed E-state index contributed by atoms with van der Waals surface area (Å²) in [7, 11) is 3.29. The third-order valence-corrected chi connectivity index (χ3v) is 4.24. The summed E-state index contributed by atoms with van der Waals surface area (Å²) in [6.45, 7) is 2.12. The average Bonchev–Trinajstić information content (AvgIpc) is 2.99. The van der Waals surface area contributed by atoms with Crippen molar-refractivity contribution in [1.82, 2.24) is 10.3 Å². The lowest BCUT2D eigenvalue weighted by Crippen LogP contribution is -2.22. The molecule has 1 aromatic heterocycles. The van der Waals surface area contributed by atoms with Gasteiger partial charge in [0.05, 0.1) is 19.9 Å². The van der Waals surface area contributed by atoms with Crippen molar-refractivity contribution in [3.05, 3.63) is 48.0 Å². The molecule has 0 aliphatic carbocycles. The molecule has 0 bridgehead atoms. The molecular weight excluding hydrogens is 316 g/mol. The molecule has 0 saturated heterocycles. The summed E-state index contributed by atoms with van der Waals surface area (Å²) >= 11 is 0. The number of rotatable bonds is 6. The van der Waals surface area contributed by atoms with E-state index in [1.165, 1.54) is 6.92 Å². The molecule has 5 heteroatoms. The number of amides is 1. The molecule has 3 aromatic rings. The number of aromatic amines is 1. The molecule has 0 aliphatic rings. The standard InChI is InChI=1S/C20H22N2O3/c1-13(23)21-11-10-16-15-6-4-5-7-18(15)22-20(16)17-9-8-14(24-2)12-19(17)25-3/h4-9,12,22H,10-11H2,1-3H3,(H,21,23). The van der Waals surface area contributed by atoms with Gasteiger partial charge in [0.15, 0.2) is 0 Å². The quantitative estimate of drug-likeness (QED) is 0.723. The molecule has 1 amide bonds. The zero-order valence-corrected chi connectivity index (χ0v) is 14.7. The minimum Gasteiger partial charge on any atom is -0.497 e. The van der Waals surface area contributed by atoms with Gasteiger partial charge in [0, 0.05) is 36.0 Å². The van der Waals surface area contributed by atoms with E-state index in [1.54, 1.807) is 14.2 Å². The van der Waals surface area contributed by atoms with Gasteiger partial charge in [0.2, 0.25) is 5.91 Å². The van der Waals surface area contributed by atoms with E-state index in [2.05, 4.69) is 22.4 Å². The predicted molar refractivity (Wildman–Crippen MR) is 99.2 cm³/mol. The van der Waals surface area contributed by atoms with Crippen LogP contribution in [0.15, 0.2) is 42.5 Å². The first kappa shape index (κ1) is 16.9. The Kier molecular flexibility index (Phi) is 4.93. The summed E-state index contributed by atoms with van der Waals surface area (Å²) in [5.41, 5.74) is 4.20. The molecule has 1 heterocycles. The largest absolute Gasteiger partial charge is 0.497 e. The molecule has 130 valence electrons. The van der Waals surface area contributed by atoms with Crippen molar-refractivity contribution in [3.63, 3.8) is 0 Å². The molecule has 0 radical (unpaired) electrons. The lowest BCUT2D eigenvalue weighted by atomic mass is 10.0. The molecule has 0 saturated carbocycles. The smallest absolute Gasteiger partial charge is 0.216 e. The Morgan fingerprint density at radius 2 is 1.92 bits per heavy atom. The first-order valence-corrected chi connectivity index (χ1v) is 8.20. The number of benzene rings is 2. The highest BCUT2D eigenvalue weighted by atomic mass is 16.5. The van der Waals surface area contributed by atoms with E-state index in [4.69, 9.17) is 9.47 Å². The zero-order valence-electron chi connectivity index (χ0n) is 14.7. The first-order chi connectivity index (χ1) is 12.1. The fraction of sp³-hybridized carbons (Fsp3) is 0.250. The van der Waals surface area contributed by atoms with E-state index in [1.807, 2.05) is 30.3 Å². The van der Waals surface area contributed by atoms with Gasteiger partial charge in [-0.05, 0) is 30.2 Å². The number of methoxy groups -OCH3 is 2. The maximum Gasteiger partial charge on any atom is 0.216 e. The van der Waals surface area contributed by atoms with E-state index in [-0.39, 0.29) is 5.91 Å². The Balaban J connectivity index is 2.10. The summed E-state index contributed by atoms with van der Waals surface area (Å²) in [5.74, 6) is 1.46. The van der Waals surface area contributed by atoms with Gasteiger partial charge in [-0.1, -0.05) is 18.2 Å². The molecule has 25 heavy (non-hydrogen) atoms. The zero-order chi connectivity index (χ0) is 17.8. The minimum atomic E-state index is -0.0246. The van der Waals surface area contributed by atoms with Crippen LogP contribution in [0.2, 0.25) is 0 Å². The minimum absolute atomic E-state index is 0.0246. The lowest BCUT2D eigenvalue weighted by Gasteiger charge is -2.12. The van der Waals surface area contributed by atoms with Gasteiger partial charge < -0.3 is 19.8 Å².